The highest BCUT2D eigenvalue weighted by Crippen LogP contribution is 2.48. The normalized spacial score (nSPS) is 12.2. The number of ether oxygens (including phenoxy) is 1. The lowest BCUT2D eigenvalue weighted by Crippen LogP contribution is -2.38. The molecule has 124 valence electrons. The van der Waals surface area contributed by atoms with Gasteiger partial charge < -0.3 is 14.5 Å². The summed E-state index contributed by atoms with van der Waals surface area (Å²) in [6.45, 7) is 3.43. The predicted octanol–water partition coefficient (Wildman–Crippen LogP) is 2.06. The first-order valence-electron chi connectivity index (χ1n) is 7.06. The Morgan fingerprint density at radius 2 is 1.78 bits per heavy atom. The van der Waals surface area contributed by atoms with Crippen LogP contribution < -0.4 is 10.1 Å². The van der Waals surface area contributed by atoms with Crippen LogP contribution in [-0.2, 0) is 17.7 Å². The zero-order valence-corrected chi connectivity index (χ0v) is 13.9. The number of hydrogen-bond acceptors (Lipinski definition) is 5. The van der Waals surface area contributed by atoms with E-state index in [1.807, 2.05) is 30.3 Å². The molecule has 8 heteroatoms. The summed E-state index contributed by atoms with van der Waals surface area (Å²) in [7, 11) is -4.23. The molecule has 0 aliphatic carbocycles. The Bertz CT molecular complexity index is 671. The van der Waals surface area contributed by atoms with Gasteiger partial charge in [0, 0.05) is 24.5 Å². The molecule has 0 saturated carbocycles. The molecule has 0 fully saturated rings. The van der Waals surface area contributed by atoms with Crippen LogP contribution in [0.5, 0.6) is 5.75 Å². The third kappa shape index (κ3) is 5.11. The van der Waals surface area contributed by atoms with Crippen molar-refractivity contribution < 1.29 is 19.1 Å². The van der Waals surface area contributed by atoms with Crippen LogP contribution in [0.1, 0.15) is 25.2 Å². The Labute approximate surface area is 134 Å². The maximum atomic E-state index is 11.3. The number of para-hydroxylation sites is 1. The number of nitrogens with one attached hydrogen (secondary N) is 1. The van der Waals surface area contributed by atoms with Crippen LogP contribution >= 0.6 is 7.60 Å². The molecule has 2 rings (SSSR count). The first-order chi connectivity index (χ1) is 10.8. The fraction of sp³-hybridized carbons (Fsp3) is 0.333. The van der Waals surface area contributed by atoms with E-state index in [1.54, 1.807) is 12.4 Å². The van der Waals surface area contributed by atoms with Crippen molar-refractivity contribution in [2.75, 3.05) is 0 Å². The summed E-state index contributed by atoms with van der Waals surface area (Å²) < 4.78 is 16.9. The Kier molecular flexibility index (Phi) is 5.49. The molecule has 1 aromatic heterocycles. The maximum Gasteiger partial charge on any atom is 0.344 e. The van der Waals surface area contributed by atoms with Crippen molar-refractivity contribution in [1.82, 2.24) is 15.3 Å². The van der Waals surface area contributed by atoms with E-state index in [4.69, 9.17) is 4.74 Å². The molecule has 1 heterocycles. The molecular weight excluding hydrogens is 317 g/mol. The molecule has 2 aromatic rings. The summed E-state index contributed by atoms with van der Waals surface area (Å²) in [5.74, 6) is 1.28. The van der Waals surface area contributed by atoms with E-state index in [9.17, 15) is 14.4 Å². The van der Waals surface area contributed by atoms with E-state index in [2.05, 4.69) is 15.3 Å². The highest BCUT2D eigenvalue weighted by atomic mass is 31.2. The van der Waals surface area contributed by atoms with Gasteiger partial charge >= 0.3 is 7.60 Å². The summed E-state index contributed by atoms with van der Waals surface area (Å²) in [5.41, 5.74) is 0.731. The van der Waals surface area contributed by atoms with Crippen molar-refractivity contribution in [2.45, 2.75) is 32.3 Å². The molecule has 1 aromatic carbocycles. The van der Waals surface area contributed by atoms with Crippen molar-refractivity contribution in [1.29, 1.82) is 0 Å². The largest absolute Gasteiger partial charge is 0.486 e. The van der Waals surface area contributed by atoms with Crippen LogP contribution in [0.15, 0.2) is 42.7 Å². The van der Waals surface area contributed by atoms with Gasteiger partial charge in [-0.2, -0.15) is 0 Å². The van der Waals surface area contributed by atoms with Crippen LogP contribution in [-0.4, -0.2) is 25.0 Å². The van der Waals surface area contributed by atoms with Gasteiger partial charge in [0.1, 0.15) is 17.6 Å². The van der Waals surface area contributed by atoms with Crippen LogP contribution in [0, 0.1) is 0 Å². The molecule has 3 N–H and O–H groups in total. The van der Waals surface area contributed by atoms with Crippen molar-refractivity contribution in [3.63, 3.8) is 0 Å². The molecular formula is C15H20N3O4P. The third-order valence-electron chi connectivity index (χ3n) is 3.32. The fourth-order valence-corrected chi connectivity index (χ4v) is 1.92. The molecule has 0 radical (unpaired) electrons. The van der Waals surface area contributed by atoms with E-state index >= 15 is 0 Å². The minimum atomic E-state index is -4.23. The van der Waals surface area contributed by atoms with Crippen molar-refractivity contribution in [3.8, 4) is 5.75 Å². The van der Waals surface area contributed by atoms with Crippen molar-refractivity contribution >= 4 is 7.60 Å². The van der Waals surface area contributed by atoms with Gasteiger partial charge in [0.15, 0.2) is 5.82 Å². The monoisotopic (exact) mass is 337 g/mol. The fourth-order valence-electron chi connectivity index (χ4n) is 1.63. The number of rotatable bonds is 7. The molecule has 0 aliphatic rings. The summed E-state index contributed by atoms with van der Waals surface area (Å²) >= 11 is 0. The second kappa shape index (κ2) is 7.19. The van der Waals surface area contributed by atoms with Gasteiger partial charge in [-0.05, 0) is 26.0 Å². The van der Waals surface area contributed by atoms with E-state index in [0.717, 1.165) is 11.3 Å². The Morgan fingerprint density at radius 3 is 2.35 bits per heavy atom. The number of aromatic nitrogens is 2. The van der Waals surface area contributed by atoms with Gasteiger partial charge in [-0.25, -0.2) is 9.97 Å². The van der Waals surface area contributed by atoms with Gasteiger partial charge in [0.2, 0.25) is 0 Å². The summed E-state index contributed by atoms with van der Waals surface area (Å²) in [5, 5.41) is 1.51. The maximum absolute atomic E-state index is 11.3. The Hall–Kier alpha value is -1.79. The minimum Gasteiger partial charge on any atom is -0.486 e. The topological polar surface area (TPSA) is 105 Å². The summed E-state index contributed by atoms with van der Waals surface area (Å²) in [4.78, 5) is 26.9. The van der Waals surface area contributed by atoms with Gasteiger partial charge in [0.25, 0.3) is 0 Å². The molecule has 0 aliphatic heterocycles. The number of nitrogens with zero attached hydrogens (tertiary/aromatic N) is 2. The molecule has 23 heavy (non-hydrogen) atoms. The zero-order chi connectivity index (χ0) is 16.9. The van der Waals surface area contributed by atoms with Gasteiger partial charge in [-0.15, -0.1) is 0 Å². The van der Waals surface area contributed by atoms with E-state index in [0.29, 0.717) is 5.82 Å². The predicted molar refractivity (Wildman–Crippen MR) is 85.8 cm³/mol. The lowest BCUT2D eigenvalue weighted by Gasteiger charge is -2.27. The Balaban J connectivity index is 1.89. The smallest absolute Gasteiger partial charge is 0.344 e. The van der Waals surface area contributed by atoms with Gasteiger partial charge in [-0.3, -0.25) is 9.88 Å². The minimum absolute atomic E-state index is 0.256. The lowest BCUT2D eigenvalue weighted by atomic mass is 10.3. The van der Waals surface area contributed by atoms with E-state index < -0.39 is 12.9 Å². The summed E-state index contributed by atoms with van der Waals surface area (Å²) in [6.07, 6.45) is 3.22. The van der Waals surface area contributed by atoms with Gasteiger partial charge in [0.05, 0.1) is 0 Å². The van der Waals surface area contributed by atoms with E-state index in [-0.39, 0.29) is 13.2 Å². The van der Waals surface area contributed by atoms with Crippen molar-refractivity contribution in [2.24, 2.45) is 0 Å². The van der Waals surface area contributed by atoms with Crippen LogP contribution in [0.3, 0.4) is 0 Å². The number of benzene rings is 1. The lowest BCUT2D eigenvalue weighted by molar-refractivity contribution is 0.295. The highest BCUT2D eigenvalue weighted by Gasteiger charge is 2.36. The van der Waals surface area contributed by atoms with Crippen LogP contribution in [0.4, 0.5) is 0 Å². The van der Waals surface area contributed by atoms with Crippen LogP contribution in [0.25, 0.3) is 0 Å². The average molecular weight is 337 g/mol. The zero-order valence-electron chi connectivity index (χ0n) is 13.0. The molecule has 0 atom stereocenters. The summed E-state index contributed by atoms with van der Waals surface area (Å²) in [6, 6.07) is 9.37. The number of hydrogen-bond donors (Lipinski definition) is 3. The highest BCUT2D eigenvalue weighted by molar-refractivity contribution is 7.53. The second-order valence-corrected chi connectivity index (χ2v) is 7.77. The molecule has 0 amide bonds. The first kappa shape index (κ1) is 17.6. The Morgan fingerprint density at radius 1 is 1.17 bits per heavy atom. The molecule has 7 nitrogen and oxygen atoms in total. The van der Waals surface area contributed by atoms with Crippen molar-refractivity contribution in [3.05, 3.63) is 54.1 Å². The molecule has 0 bridgehead atoms. The first-order valence-corrected chi connectivity index (χ1v) is 8.67. The average Bonchev–Trinajstić information content (AvgIpc) is 2.52. The second-order valence-electron chi connectivity index (χ2n) is 5.57. The van der Waals surface area contributed by atoms with E-state index in [1.165, 1.54) is 13.8 Å². The standard InChI is InChI=1S/C15H20N3O4P/c1-15(2,23(19,20)21)18-10-12-8-16-14(17-9-12)11-22-13-6-4-3-5-7-13/h3-9,18H,10-11H2,1-2H3,(H2,19,20,21). The van der Waals surface area contributed by atoms with Gasteiger partial charge in [-0.1, -0.05) is 18.2 Å². The third-order valence-corrected chi connectivity index (χ3v) is 4.94. The molecule has 0 saturated heterocycles. The molecule has 0 unspecified atom stereocenters. The molecule has 0 spiro atoms. The SMILES string of the molecule is CC(C)(NCc1cnc(COc2ccccc2)nc1)P(=O)(O)O. The van der Waals surface area contributed by atoms with Crippen LogP contribution in [0.2, 0.25) is 0 Å². The quantitative estimate of drug-likeness (QED) is 0.664.